The van der Waals surface area contributed by atoms with E-state index in [0.717, 1.165) is 4.90 Å². The highest BCUT2D eigenvalue weighted by molar-refractivity contribution is 7.99. The molecule has 0 radical (unpaired) electrons. The molecular formula is C29H24FN5O4S. The lowest BCUT2D eigenvalue weighted by Gasteiger charge is -2.15. The van der Waals surface area contributed by atoms with Gasteiger partial charge in [0.05, 0.1) is 22.6 Å². The Kier molecular flexibility index (Phi) is 7.83. The third-order valence-corrected chi connectivity index (χ3v) is 7.22. The number of fused-ring (bicyclic) bond motifs is 1. The Balaban J connectivity index is 1.33. The first-order valence-electron chi connectivity index (χ1n) is 12.5. The molecule has 0 atom stereocenters. The average Bonchev–Trinajstić information content (AvgIpc) is 3.48. The van der Waals surface area contributed by atoms with E-state index in [2.05, 4.69) is 15.5 Å². The molecule has 202 valence electrons. The zero-order valence-electron chi connectivity index (χ0n) is 21.5. The van der Waals surface area contributed by atoms with Crippen LogP contribution in [0, 0.1) is 5.82 Å². The van der Waals surface area contributed by atoms with E-state index in [-0.39, 0.29) is 23.3 Å². The molecule has 0 bridgehead atoms. The fraction of sp³-hybridized carbons (Fsp3) is 0.172. The predicted molar refractivity (Wildman–Crippen MR) is 147 cm³/mol. The van der Waals surface area contributed by atoms with Gasteiger partial charge in [0.15, 0.2) is 10.9 Å². The molecule has 3 amide bonds. The van der Waals surface area contributed by atoms with Gasteiger partial charge >= 0.3 is 0 Å². The van der Waals surface area contributed by atoms with E-state index in [0.29, 0.717) is 58.4 Å². The average molecular weight is 558 g/mol. The molecule has 9 nitrogen and oxygen atoms in total. The van der Waals surface area contributed by atoms with Crippen LogP contribution in [-0.4, -0.2) is 50.6 Å². The lowest BCUT2D eigenvalue weighted by atomic mass is 10.1. The lowest BCUT2D eigenvalue weighted by Crippen LogP contribution is -2.29. The van der Waals surface area contributed by atoms with Crippen molar-refractivity contribution in [2.24, 2.45) is 0 Å². The molecule has 0 saturated carbocycles. The summed E-state index contributed by atoms with van der Waals surface area (Å²) in [7, 11) is 0. The summed E-state index contributed by atoms with van der Waals surface area (Å²) in [6.07, 6.45) is 1.12. The number of benzene rings is 3. The van der Waals surface area contributed by atoms with Crippen molar-refractivity contribution in [1.82, 2.24) is 20.1 Å². The lowest BCUT2D eigenvalue weighted by molar-refractivity contribution is -0.118. The van der Waals surface area contributed by atoms with Crippen LogP contribution in [0.5, 0.6) is 0 Å². The van der Waals surface area contributed by atoms with E-state index in [9.17, 15) is 23.6 Å². The number of Topliss-reactive ketones (excluding diaryl/α,β-unsaturated/α-hetero) is 1. The monoisotopic (exact) mass is 557 g/mol. The van der Waals surface area contributed by atoms with Gasteiger partial charge in [-0.05, 0) is 55.0 Å². The van der Waals surface area contributed by atoms with Crippen molar-refractivity contribution in [3.63, 3.8) is 0 Å². The maximum Gasteiger partial charge on any atom is 0.266 e. The molecule has 2 heterocycles. The van der Waals surface area contributed by atoms with Gasteiger partial charge in [-0.25, -0.2) is 9.29 Å². The summed E-state index contributed by atoms with van der Waals surface area (Å²) >= 11 is 1.17. The van der Waals surface area contributed by atoms with E-state index in [1.165, 1.54) is 36.9 Å². The molecule has 0 spiro atoms. The molecule has 3 aromatic carbocycles. The molecule has 1 N–H and O–H groups in total. The molecule has 0 fully saturated rings. The normalized spacial score (nSPS) is 12.5. The van der Waals surface area contributed by atoms with Crippen LogP contribution in [0.2, 0.25) is 0 Å². The maximum absolute atomic E-state index is 13.6. The first kappa shape index (κ1) is 26.9. The summed E-state index contributed by atoms with van der Waals surface area (Å²) < 4.78 is 15.4. The largest absolute Gasteiger partial charge is 0.356 e. The molecule has 40 heavy (non-hydrogen) atoms. The van der Waals surface area contributed by atoms with Crippen molar-refractivity contribution < 1.29 is 23.6 Å². The number of nitrogens with zero attached hydrogens (tertiary/aromatic N) is 4. The number of hydrogen-bond donors (Lipinski definition) is 1. The molecule has 1 aromatic heterocycles. The van der Waals surface area contributed by atoms with Gasteiger partial charge in [-0.15, -0.1) is 10.2 Å². The summed E-state index contributed by atoms with van der Waals surface area (Å²) in [5.41, 5.74) is 1.95. The van der Waals surface area contributed by atoms with Crippen LogP contribution in [-0.2, 0) is 11.2 Å². The summed E-state index contributed by atoms with van der Waals surface area (Å²) in [6.45, 7) is 1.91. The van der Waals surface area contributed by atoms with Gasteiger partial charge in [0.25, 0.3) is 11.8 Å². The van der Waals surface area contributed by atoms with Gasteiger partial charge in [-0.1, -0.05) is 36.0 Å². The Morgan fingerprint density at radius 1 is 0.900 bits per heavy atom. The summed E-state index contributed by atoms with van der Waals surface area (Å²) in [4.78, 5) is 51.2. The minimum Gasteiger partial charge on any atom is -0.356 e. The molecule has 5 rings (SSSR count). The Hall–Kier alpha value is -4.64. The summed E-state index contributed by atoms with van der Waals surface area (Å²) in [5, 5.41) is 11.7. The van der Waals surface area contributed by atoms with Crippen molar-refractivity contribution >= 4 is 41.0 Å². The number of halogens is 1. The van der Waals surface area contributed by atoms with Crippen LogP contribution in [0.3, 0.4) is 0 Å². The van der Waals surface area contributed by atoms with Crippen LogP contribution in [0.4, 0.5) is 10.1 Å². The predicted octanol–water partition coefficient (Wildman–Crippen LogP) is 4.25. The van der Waals surface area contributed by atoms with Crippen molar-refractivity contribution in [3.8, 4) is 5.69 Å². The second kappa shape index (κ2) is 11.6. The highest BCUT2D eigenvalue weighted by Gasteiger charge is 2.36. The number of aromatic nitrogens is 3. The molecule has 11 heteroatoms. The standard InChI is InChI=1S/C29H24FN5O4S/c1-18(36)31-15-5-10-26-32-33-29(34(26)21-13-11-20(30)12-14-21)40-17-25(37)19-6-4-7-22(16-19)35-27(38)23-8-2-3-9-24(23)28(35)39/h2-4,6-9,11-14,16H,5,10,15,17H2,1H3,(H,31,36). The number of hydrogen-bond acceptors (Lipinski definition) is 7. The van der Waals surface area contributed by atoms with Crippen LogP contribution in [0.15, 0.2) is 78.0 Å². The van der Waals surface area contributed by atoms with Gasteiger partial charge in [0.1, 0.15) is 11.6 Å². The van der Waals surface area contributed by atoms with Crippen LogP contribution in [0.1, 0.15) is 50.2 Å². The van der Waals surface area contributed by atoms with Crippen LogP contribution >= 0.6 is 11.8 Å². The molecule has 4 aromatic rings. The molecule has 1 aliphatic heterocycles. The Bertz CT molecular complexity index is 1580. The zero-order valence-corrected chi connectivity index (χ0v) is 22.3. The first-order chi connectivity index (χ1) is 19.3. The topological polar surface area (TPSA) is 114 Å². The third kappa shape index (κ3) is 5.55. The summed E-state index contributed by atoms with van der Waals surface area (Å²) in [6, 6.07) is 18.9. The molecule has 0 saturated heterocycles. The number of amides is 3. The van der Waals surface area contributed by atoms with Crippen molar-refractivity contribution in [3.05, 3.63) is 101 Å². The Morgan fingerprint density at radius 3 is 2.27 bits per heavy atom. The number of imide groups is 1. The second-order valence-electron chi connectivity index (χ2n) is 9.05. The van der Waals surface area contributed by atoms with Crippen LogP contribution < -0.4 is 10.2 Å². The third-order valence-electron chi connectivity index (χ3n) is 6.29. The van der Waals surface area contributed by atoms with E-state index in [1.54, 1.807) is 59.2 Å². The van der Waals surface area contributed by atoms with Gasteiger partial charge in [0.2, 0.25) is 5.91 Å². The summed E-state index contributed by atoms with van der Waals surface area (Å²) in [5.74, 6) is -0.982. The van der Waals surface area contributed by atoms with E-state index in [1.807, 2.05) is 0 Å². The smallest absolute Gasteiger partial charge is 0.266 e. The highest BCUT2D eigenvalue weighted by Crippen LogP contribution is 2.30. The quantitative estimate of drug-likeness (QED) is 0.134. The van der Waals surface area contributed by atoms with Crippen molar-refractivity contribution in [1.29, 1.82) is 0 Å². The number of anilines is 1. The van der Waals surface area contributed by atoms with Crippen molar-refractivity contribution in [2.45, 2.75) is 24.9 Å². The fourth-order valence-corrected chi connectivity index (χ4v) is 5.24. The Morgan fingerprint density at radius 2 is 1.60 bits per heavy atom. The molecular weight excluding hydrogens is 533 g/mol. The molecule has 0 aliphatic carbocycles. The molecule has 1 aliphatic rings. The van der Waals surface area contributed by atoms with Crippen molar-refractivity contribution in [2.75, 3.05) is 17.2 Å². The van der Waals surface area contributed by atoms with E-state index in [4.69, 9.17) is 0 Å². The fourth-order valence-electron chi connectivity index (χ4n) is 4.37. The number of ketones is 1. The number of nitrogens with one attached hydrogen (secondary N) is 1. The number of carbonyl (C=O) groups excluding carboxylic acids is 4. The number of thioether (sulfide) groups is 1. The highest BCUT2D eigenvalue weighted by atomic mass is 32.2. The Labute approximate surface area is 233 Å². The van der Waals surface area contributed by atoms with E-state index < -0.39 is 11.8 Å². The van der Waals surface area contributed by atoms with Gasteiger partial charge < -0.3 is 5.32 Å². The van der Waals surface area contributed by atoms with E-state index >= 15 is 0 Å². The number of carbonyl (C=O) groups is 4. The maximum atomic E-state index is 13.6. The first-order valence-corrected chi connectivity index (χ1v) is 13.5. The minimum atomic E-state index is -0.432. The zero-order chi connectivity index (χ0) is 28.2. The SMILES string of the molecule is CC(=O)NCCCc1nnc(SCC(=O)c2cccc(N3C(=O)c4ccccc4C3=O)c2)n1-c1ccc(F)cc1. The van der Waals surface area contributed by atoms with Gasteiger partial charge in [0, 0.05) is 31.1 Å². The van der Waals surface area contributed by atoms with Gasteiger partial charge in [-0.2, -0.15) is 0 Å². The number of rotatable bonds is 10. The number of aryl methyl sites for hydroxylation is 1. The minimum absolute atomic E-state index is 0.0107. The van der Waals surface area contributed by atoms with Gasteiger partial charge in [-0.3, -0.25) is 23.7 Å². The van der Waals surface area contributed by atoms with Crippen LogP contribution in [0.25, 0.3) is 5.69 Å². The second-order valence-corrected chi connectivity index (χ2v) is 9.99. The molecule has 0 unspecified atom stereocenters.